The quantitative estimate of drug-likeness (QED) is 0.744. The van der Waals surface area contributed by atoms with Gasteiger partial charge in [0.25, 0.3) is 5.56 Å². The first-order chi connectivity index (χ1) is 8.63. The molecule has 6 nitrogen and oxygen atoms in total. The van der Waals surface area contributed by atoms with Gasteiger partial charge >= 0.3 is 0 Å². The topological polar surface area (TPSA) is 78.1 Å². The molecule has 0 aliphatic carbocycles. The van der Waals surface area contributed by atoms with Crippen molar-refractivity contribution in [2.24, 2.45) is 5.92 Å². The van der Waals surface area contributed by atoms with Crippen molar-refractivity contribution >= 4 is 34.3 Å². The minimum Gasteiger partial charge on any atom is -0.359 e. The highest BCUT2D eigenvalue weighted by molar-refractivity contribution is 14.1. The van der Waals surface area contributed by atoms with Gasteiger partial charge in [0.05, 0.1) is 6.33 Å². The Hall–Kier alpha value is -1.12. The second kappa shape index (κ2) is 5.68. The third kappa shape index (κ3) is 2.65. The SMILES string of the molecule is CNC(=O)C1CCN(c2nc[nH]c(=O)c2I)CC1. The molecule has 1 aromatic rings. The number of aromatic amines is 1. The zero-order valence-corrected chi connectivity index (χ0v) is 12.2. The third-order valence-electron chi connectivity index (χ3n) is 3.19. The van der Waals surface area contributed by atoms with Crippen LogP contribution in [0.25, 0.3) is 0 Å². The van der Waals surface area contributed by atoms with Crippen LogP contribution in [-0.4, -0.2) is 36.0 Å². The Morgan fingerprint density at radius 2 is 2.22 bits per heavy atom. The van der Waals surface area contributed by atoms with Gasteiger partial charge in [-0.1, -0.05) is 0 Å². The predicted molar refractivity (Wildman–Crippen MR) is 76.6 cm³/mol. The Balaban J connectivity index is 2.08. The third-order valence-corrected chi connectivity index (χ3v) is 4.16. The number of hydrogen-bond acceptors (Lipinski definition) is 4. The van der Waals surface area contributed by atoms with Crippen molar-refractivity contribution in [3.63, 3.8) is 0 Å². The average molecular weight is 362 g/mol. The van der Waals surface area contributed by atoms with Gasteiger partial charge in [-0.25, -0.2) is 4.98 Å². The van der Waals surface area contributed by atoms with Crippen molar-refractivity contribution in [1.82, 2.24) is 15.3 Å². The fourth-order valence-corrected chi connectivity index (χ4v) is 2.79. The van der Waals surface area contributed by atoms with Gasteiger partial charge in [-0.15, -0.1) is 0 Å². The summed E-state index contributed by atoms with van der Waals surface area (Å²) < 4.78 is 0.605. The molecule has 2 N–H and O–H groups in total. The van der Waals surface area contributed by atoms with E-state index in [4.69, 9.17) is 0 Å². The van der Waals surface area contributed by atoms with E-state index in [-0.39, 0.29) is 17.4 Å². The average Bonchev–Trinajstić information content (AvgIpc) is 2.41. The largest absolute Gasteiger partial charge is 0.359 e. The Morgan fingerprint density at radius 1 is 1.56 bits per heavy atom. The van der Waals surface area contributed by atoms with Crippen molar-refractivity contribution in [3.05, 3.63) is 20.3 Å². The van der Waals surface area contributed by atoms with Crippen LogP contribution in [-0.2, 0) is 4.79 Å². The lowest BCUT2D eigenvalue weighted by molar-refractivity contribution is -0.125. The first-order valence-electron chi connectivity index (χ1n) is 5.83. The fourth-order valence-electron chi connectivity index (χ4n) is 2.15. The molecule has 1 fully saturated rings. The zero-order chi connectivity index (χ0) is 13.1. The molecule has 1 aliphatic heterocycles. The van der Waals surface area contributed by atoms with E-state index in [1.54, 1.807) is 7.05 Å². The number of nitrogens with zero attached hydrogens (tertiary/aromatic N) is 2. The Labute approximate surface area is 118 Å². The summed E-state index contributed by atoms with van der Waals surface area (Å²) in [7, 11) is 1.66. The molecule has 1 aliphatic rings. The smallest absolute Gasteiger partial charge is 0.266 e. The lowest BCUT2D eigenvalue weighted by atomic mass is 9.96. The van der Waals surface area contributed by atoms with Crippen LogP contribution < -0.4 is 15.8 Å². The molecule has 0 saturated carbocycles. The van der Waals surface area contributed by atoms with Gasteiger partial charge in [0.15, 0.2) is 0 Å². The van der Waals surface area contributed by atoms with Gasteiger partial charge in [0.1, 0.15) is 9.39 Å². The van der Waals surface area contributed by atoms with Gasteiger partial charge in [-0.2, -0.15) is 0 Å². The highest BCUT2D eigenvalue weighted by Gasteiger charge is 2.26. The molecule has 0 bridgehead atoms. The molecular formula is C11H15IN4O2. The van der Waals surface area contributed by atoms with E-state index >= 15 is 0 Å². The van der Waals surface area contributed by atoms with Crippen molar-refractivity contribution < 1.29 is 4.79 Å². The molecule has 0 atom stereocenters. The van der Waals surface area contributed by atoms with Crippen LogP contribution in [0.2, 0.25) is 0 Å². The number of piperidine rings is 1. The highest BCUT2D eigenvalue weighted by Crippen LogP contribution is 2.23. The Kier molecular flexibility index (Phi) is 4.20. The summed E-state index contributed by atoms with van der Waals surface area (Å²) in [6, 6.07) is 0. The zero-order valence-electron chi connectivity index (χ0n) is 10.1. The van der Waals surface area contributed by atoms with E-state index in [2.05, 4.69) is 20.2 Å². The second-order valence-corrected chi connectivity index (χ2v) is 5.32. The van der Waals surface area contributed by atoms with Crippen LogP contribution in [0.15, 0.2) is 11.1 Å². The number of carbonyl (C=O) groups is 1. The van der Waals surface area contributed by atoms with Crippen molar-refractivity contribution in [3.8, 4) is 0 Å². The number of rotatable bonds is 2. The van der Waals surface area contributed by atoms with Gasteiger partial charge in [0.2, 0.25) is 5.91 Å². The Morgan fingerprint density at radius 3 is 2.83 bits per heavy atom. The van der Waals surface area contributed by atoms with Gasteiger partial charge in [-0.05, 0) is 35.4 Å². The molecule has 0 aromatic carbocycles. The van der Waals surface area contributed by atoms with E-state index in [0.29, 0.717) is 3.57 Å². The van der Waals surface area contributed by atoms with Crippen molar-refractivity contribution in [2.75, 3.05) is 25.0 Å². The molecule has 1 saturated heterocycles. The first-order valence-corrected chi connectivity index (χ1v) is 6.91. The second-order valence-electron chi connectivity index (χ2n) is 4.24. The maximum atomic E-state index is 11.5. The number of anilines is 1. The lowest BCUT2D eigenvalue weighted by Crippen LogP contribution is -2.40. The molecular weight excluding hydrogens is 347 g/mol. The highest BCUT2D eigenvalue weighted by atomic mass is 127. The molecule has 98 valence electrons. The molecule has 2 rings (SSSR count). The van der Waals surface area contributed by atoms with E-state index in [1.807, 2.05) is 22.6 Å². The molecule has 18 heavy (non-hydrogen) atoms. The van der Waals surface area contributed by atoms with Crippen LogP contribution in [0.3, 0.4) is 0 Å². The van der Waals surface area contributed by atoms with Crippen LogP contribution in [0.1, 0.15) is 12.8 Å². The number of nitrogens with one attached hydrogen (secondary N) is 2. The molecule has 0 unspecified atom stereocenters. The van der Waals surface area contributed by atoms with Crippen LogP contribution in [0.5, 0.6) is 0 Å². The maximum absolute atomic E-state index is 11.5. The molecule has 0 radical (unpaired) electrons. The van der Waals surface area contributed by atoms with Crippen LogP contribution in [0, 0.1) is 9.49 Å². The molecule has 1 aromatic heterocycles. The monoisotopic (exact) mass is 362 g/mol. The molecule has 7 heteroatoms. The summed E-state index contributed by atoms with van der Waals surface area (Å²) in [4.78, 5) is 31.9. The standard InChI is InChI=1S/C11H15IN4O2/c1-13-10(17)7-2-4-16(5-3-7)9-8(12)11(18)15-6-14-9/h6-7H,2-5H2,1H3,(H,13,17)(H,14,15,18). The maximum Gasteiger partial charge on any atom is 0.266 e. The fraction of sp³-hybridized carbons (Fsp3) is 0.545. The summed E-state index contributed by atoms with van der Waals surface area (Å²) >= 11 is 2.01. The predicted octanol–water partition coefficient (Wildman–Crippen LogP) is 0.337. The van der Waals surface area contributed by atoms with E-state index in [0.717, 1.165) is 31.7 Å². The number of halogens is 1. The normalized spacial score (nSPS) is 16.7. The Bertz CT molecular complexity index is 494. The molecule has 0 spiro atoms. The number of hydrogen-bond donors (Lipinski definition) is 2. The number of aromatic nitrogens is 2. The van der Waals surface area contributed by atoms with Crippen molar-refractivity contribution in [2.45, 2.75) is 12.8 Å². The summed E-state index contributed by atoms with van der Waals surface area (Å²) in [5.41, 5.74) is -0.117. The van der Waals surface area contributed by atoms with E-state index < -0.39 is 0 Å². The minimum absolute atomic E-state index is 0.0749. The summed E-state index contributed by atoms with van der Waals surface area (Å²) in [5.74, 6) is 0.892. The van der Waals surface area contributed by atoms with Gasteiger partial charge in [-0.3, -0.25) is 9.59 Å². The minimum atomic E-state index is -0.117. The summed E-state index contributed by atoms with van der Waals surface area (Å²) in [5, 5.41) is 2.68. The van der Waals surface area contributed by atoms with E-state index in [1.165, 1.54) is 6.33 Å². The molecule has 2 heterocycles. The first kappa shape index (κ1) is 13.3. The van der Waals surface area contributed by atoms with Gasteiger partial charge < -0.3 is 15.2 Å². The summed E-state index contributed by atoms with van der Waals surface area (Å²) in [6.07, 6.45) is 3.01. The molecule has 1 amide bonds. The van der Waals surface area contributed by atoms with Crippen LogP contribution in [0.4, 0.5) is 5.82 Å². The number of amides is 1. The van der Waals surface area contributed by atoms with Crippen LogP contribution >= 0.6 is 22.6 Å². The van der Waals surface area contributed by atoms with Crippen molar-refractivity contribution in [1.29, 1.82) is 0 Å². The number of H-pyrrole nitrogens is 1. The lowest BCUT2D eigenvalue weighted by Gasteiger charge is -2.32. The number of carbonyl (C=O) groups excluding carboxylic acids is 1. The van der Waals surface area contributed by atoms with E-state index in [9.17, 15) is 9.59 Å². The van der Waals surface area contributed by atoms with Gasteiger partial charge in [0, 0.05) is 26.1 Å². The summed E-state index contributed by atoms with van der Waals surface area (Å²) in [6.45, 7) is 1.51.